The molecule has 126 valence electrons. The predicted octanol–water partition coefficient (Wildman–Crippen LogP) is 2.22. The molecule has 5 heteroatoms. The lowest BCUT2D eigenvalue weighted by atomic mass is 9.98. The van der Waals surface area contributed by atoms with Crippen molar-refractivity contribution in [3.63, 3.8) is 0 Å². The largest absolute Gasteiger partial charge is 0.343 e. The van der Waals surface area contributed by atoms with Crippen LogP contribution in [0, 0.1) is 6.92 Å². The summed E-state index contributed by atoms with van der Waals surface area (Å²) in [4.78, 5) is 27.0. The average molecular weight is 317 g/mol. The minimum absolute atomic E-state index is 0.0546. The summed E-state index contributed by atoms with van der Waals surface area (Å²) in [6.07, 6.45) is 1.38. The van der Waals surface area contributed by atoms with Crippen molar-refractivity contribution in [1.29, 1.82) is 0 Å². The molecule has 2 amide bonds. The van der Waals surface area contributed by atoms with Crippen molar-refractivity contribution in [2.45, 2.75) is 33.1 Å². The van der Waals surface area contributed by atoms with Crippen LogP contribution in [0.1, 0.15) is 37.3 Å². The Morgan fingerprint density at radius 3 is 2.57 bits per heavy atom. The van der Waals surface area contributed by atoms with Gasteiger partial charge < -0.3 is 10.2 Å². The van der Waals surface area contributed by atoms with E-state index in [0.29, 0.717) is 12.3 Å². The number of carbonyl (C=O) groups is 2. The van der Waals surface area contributed by atoms with Gasteiger partial charge in [-0.2, -0.15) is 0 Å². The highest BCUT2D eigenvalue weighted by Gasteiger charge is 2.17. The van der Waals surface area contributed by atoms with Crippen molar-refractivity contribution < 1.29 is 9.59 Å². The van der Waals surface area contributed by atoms with Gasteiger partial charge in [0.15, 0.2) is 0 Å². The number of hydrogen-bond donors (Lipinski definition) is 1. The molecule has 1 heterocycles. The summed E-state index contributed by atoms with van der Waals surface area (Å²) >= 11 is 0. The third-order valence-corrected chi connectivity index (χ3v) is 4.40. The Hall–Kier alpha value is -1.88. The number of rotatable bonds is 6. The molecule has 0 unspecified atom stereocenters. The molecule has 23 heavy (non-hydrogen) atoms. The quantitative estimate of drug-likeness (QED) is 0.819. The zero-order valence-corrected chi connectivity index (χ0v) is 14.3. The highest BCUT2D eigenvalue weighted by Crippen LogP contribution is 2.27. The Morgan fingerprint density at radius 2 is 1.96 bits per heavy atom. The molecule has 1 N–H and O–H groups in total. The number of benzene rings is 1. The first-order valence-corrected chi connectivity index (χ1v) is 8.32. The molecule has 1 aliphatic heterocycles. The van der Waals surface area contributed by atoms with Crippen molar-refractivity contribution in [2.75, 3.05) is 38.0 Å². The van der Waals surface area contributed by atoms with Crippen LogP contribution in [0.4, 0.5) is 5.69 Å². The molecule has 1 saturated heterocycles. The van der Waals surface area contributed by atoms with Crippen LogP contribution >= 0.6 is 0 Å². The molecule has 0 aliphatic carbocycles. The van der Waals surface area contributed by atoms with Crippen LogP contribution in [0.2, 0.25) is 0 Å². The van der Waals surface area contributed by atoms with Gasteiger partial charge in [0.05, 0.1) is 0 Å². The van der Waals surface area contributed by atoms with E-state index in [1.54, 1.807) is 4.90 Å². The first kappa shape index (κ1) is 17.5. The summed E-state index contributed by atoms with van der Waals surface area (Å²) in [5, 5.41) is 3.09. The Morgan fingerprint density at radius 1 is 1.26 bits per heavy atom. The topological polar surface area (TPSA) is 52.7 Å². The molecule has 1 aliphatic rings. The first-order chi connectivity index (χ1) is 11.0. The smallest absolute Gasteiger partial charge is 0.225 e. The predicted molar refractivity (Wildman–Crippen MR) is 92.6 cm³/mol. The van der Waals surface area contributed by atoms with E-state index < -0.39 is 0 Å². The van der Waals surface area contributed by atoms with Gasteiger partial charge in [-0.1, -0.05) is 32.0 Å². The normalized spacial score (nSPS) is 15.7. The van der Waals surface area contributed by atoms with E-state index in [1.165, 1.54) is 5.56 Å². The van der Waals surface area contributed by atoms with Gasteiger partial charge in [0.1, 0.15) is 0 Å². The number of piperazine rings is 1. The second kappa shape index (κ2) is 8.11. The van der Waals surface area contributed by atoms with Crippen LogP contribution in [0.5, 0.6) is 0 Å². The van der Waals surface area contributed by atoms with Crippen LogP contribution in [-0.4, -0.2) is 54.8 Å². The number of nitrogens with zero attached hydrogens (tertiary/aromatic N) is 2. The van der Waals surface area contributed by atoms with Crippen LogP contribution in [0.25, 0.3) is 0 Å². The van der Waals surface area contributed by atoms with Crippen molar-refractivity contribution in [2.24, 2.45) is 0 Å². The van der Waals surface area contributed by atoms with Gasteiger partial charge in [-0.25, -0.2) is 0 Å². The third-order valence-electron chi connectivity index (χ3n) is 4.40. The molecule has 0 aromatic heterocycles. The fraction of sp³-hybridized carbons (Fsp3) is 0.556. The van der Waals surface area contributed by atoms with Crippen molar-refractivity contribution in [3.05, 3.63) is 29.3 Å². The van der Waals surface area contributed by atoms with Gasteiger partial charge >= 0.3 is 0 Å². The Labute approximate surface area is 138 Å². The van der Waals surface area contributed by atoms with Crippen LogP contribution in [0.15, 0.2) is 18.2 Å². The second-order valence-electron chi connectivity index (χ2n) is 6.48. The molecule has 5 nitrogen and oxygen atoms in total. The highest BCUT2D eigenvalue weighted by molar-refractivity contribution is 5.92. The minimum atomic E-state index is 0.0546. The average Bonchev–Trinajstić information content (AvgIpc) is 2.55. The monoisotopic (exact) mass is 317 g/mol. The summed E-state index contributed by atoms with van der Waals surface area (Å²) in [5.74, 6) is 0.431. The zero-order chi connectivity index (χ0) is 16.8. The lowest BCUT2D eigenvalue weighted by molar-refractivity contribution is -0.120. The number of aryl methyl sites for hydroxylation is 1. The second-order valence-corrected chi connectivity index (χ2v) is 6.48. The standard InChI is InChI=1S/C18H27N3O2/c1-14(2)16-6-4-5-15(3)18(16)19-17(23)7-8-20-9-11-21(13-22)12-10-20/h4-6,13-14H,7-12H2,1-3H3,(H,19,23). The Bertz CT molecular complexity index is 549. The summed E-state index contributed by atoms with van der Waals surface area (Å²) in [7, 11) is 0. The molecular weight excluding hydrogens is 290 g/mol. The van der Waals surface area contributed by atoms with E-state index in [4.69, 9.17) is 0 Å². The molecule has 0 radical (unpaired) electrons. The SMILES string of the molecule is Cc1cccc(C(C)C)c1NC(=O)CCN1CCN(C=O)CC1. The number of anilines is 1. The molecule has 0 saturated carbocycles. The van der Waals surface area contributed by atoms with E-state index in [9.17, 15) is 9.59 Å². The van der Waals surface area contributed by atoms with Gasteiger partial charge in [-0.15, -0.1) is 0 Å². The number of carbonyl (C=O) groups excluding carboxylic acids is 2. The van der Waals surface area contributed by atoms with E-state index in [2.05, 4.69) is 30.1 Å². The van der Waals surface area contributed by atoms with E-state index >= 15 is 0 Å². The Kier molecular flexibility index (Phi) is 6.16. The van der Waals surface area contributed by atoms with Crippen LogP contribution in [-0.2, 0) is 9.59 Å². The molecule has 1 aromatic rings. The minimum Gasteiger partial charge on any atom is -0.343 e. The maximum Gasteiger partial charge on any atom is 0.225 e. The van der Waals surface area contributed by atoms with Crippen LogP contribution in [0.3, 0.4) is 0 Å². The maximum atomic E-state index is 12.3. The molecule has 0 bridgehead atoms. The molecule has 0 atom stereocenters. The van der Waals surface area contributed by atoms with Gasteiger partial charge in [0.2, 0.25) is 12.3 Å². The van der Waals surface area contributed by atoms with Crippen LogP contribution < -0.4 is 5.32 Å². The van der Waals surface area contributed by atoms with E-state index in [-0.39, 0.29) is 5.91 Å². The number of nitrogens with one attached hydrogen (secondary N) is 1. The van der Waals surface area contributed by atoms with E-state index in [0.717, 1.165) is 50.4 Å². The van der Waals surface area contributed by atoms with Gasteiger partial charge in [-0.3, -0.25) is 14.5 Å². The van der Waals surface area contributed by atoms with E-state index in [1.807, 2.05) is 19.1 Å². The molecular formula is C18H27N3O2. The van der Waals surface area contributed by atoms with Crippen molar-refractivity contribution in [1.82, 2.24) is 9.80 Å². The van der Waals surface area contributed by atoms with Gasteiger partial charge in [0.25, 0.3) is 0 Å². The number of hydrogen-bond acceptors (Lipinski definition) is 3. The summed E-state index contributed by atoms with van der Waals surface area (Å²) in [6, 6.07) is 6.14. The molecule has 1 fully saturated rings. The maximum absolute atomic E-state index is 12.3. The van der Waals surface area contributed by atoms with Gasteiger partial charge in [0, 0.05) is 44.8 Å². The van der Waals surface area contributed by atoms with Gasteiger partial charge in [-0.05, 0) is 24.0 Å². The Balaban J connectivity index is 1.87. The fourth-order valence-corrected chi connectivity index (χ4v) is 2.90. The third kappa shape index (κ3) is 4.79. The summed E-state index contributed by atoms with van der Waals surface area (Å²) in [5.41, 5.74) is 3.24. The lowest BCUT2D eigenvalue weighted by Crippen LogP contribution is -2.46. The zero-order valence-electron chi connectivity index (χ0n) is 14.3. The number of para-hydroxylation sites is 1. The van der Waals surface area contributed by atoms with Crippen molar-refractivity contribution >= 4 is 18.0 Å². The molecule has 2 rings (SSSR count). The molecule has 1 aromatic carbocycles. The highest BCUT2D eigenvalue weighted by atomic mass is 16.1. The van der Waals surface area contributed by atoms with Crippen molar-refractivity contribution in [3.8, 4) is 0 Å². The number of amides is 2. The lowest BCUT2D eigenvalue weighted by Gasteiger charge is -2.32. The summed E-state index contributed by atoms with van der Waals surface area (Å²) in [6.45, 7) is 10.2. The fourth-order valence-electron chi connectivity index (χ4n) is 2.90. The molecule has 0 spiro atoms. The first-order valence-electron chi connectivity index (χ1n) is 8.32. The summed E-state index contributed by atoms with van der Waals surface area (Å²) < 4.78 is 0.